The van der Waals surface area contributed by atoms with Crippen LogP contribution in [0.4, 0.5) is 4.39 Å². The molecule has 100 valence electrons. The van der Waals surface area contributed by atoms with Crippen LogP contribution in [-0.2, 0) is 6.54 Å². The predicted octanol–water partition coefficient (Wildman–Crippen LogP) is 4.13. The van der Waals surface area contributed by atoms with Crippen LogP contribution in [0.3, 0.4) is 0 Å². The molecule has 0 atom stereocenters. The lowest BCUT2D eigenvalue weighted by atomic mass is 9.80. The number of hydrogen-bond donors (Lipinski definition) is 1. The van der Waals surface area contributed by atoms with E-state index in [2.05, 4.69) is 19.2 Å². The second kappa shape index (κ2) is 6.33. The summed E-state index contributed by atoms with van der Waals surface area (Å²) in [5.74, 6) is 1.59. The molecule has 0 heterocycles. The van der Waals surface area contributed by atoms with Gasteiger partial charge in [-0.25, -0.2) is 4.39 Å². The van der Waals surface area contributed by atoms with Crippen molar-refractivity contribution in [2.24, 2.45) is 11.8 Å². The lowest BCUT2D eigenvalue weighted by molar-refractivity contribution is 0.238. The lowest BCUT2D eigenvalue weighted by Gasteiger charge is -2.31. The van der Waals surface area contributed by atoms with Crippen LogP contribution in [0.25, 0.3) is 0 Å². The second-order valence-electron chi connectivity index (χ2n) is 5.83. The summed E-state index contributed by atoms with van der Waals surface area (Å²) in [6.45, 7) is 5.29. The van der Waals surface area contributed by atoms with Gasteiger partial charge in [0, 0.05) is 18.2 Å². The van der Waals surface area contributed by atoms with E-state index in [9.17, 15) is 4.39 Å². The Bertz CT molecular complexity index is 367. The van der Waals surface area contributed by atoms with Crippen LogP contribution in [-0.4, -0.2) is 6.04 Å². The summed E-state index contributed by atoms with van der Waals surface area (Å²) in [5, 5.41) is 3.50. The Morgan fingerprint density at radius 3 is 2.44 bits per heavy atom. The van der Waals surface area contributed by atoms with Crippen molar-refractivity contribution in [2.45, 2.75) is 52.1 Å². The van der Waals surface area contributed by atoms with Crippen LogP contribution in [0.2, 0.25) is 0 Å². The number of hydrogen-bond acceptors (Lipinski definition) is 1. The molecule has 0 radical (unpaired) electrons. The normalized spacial score (nSPS) is 24.4. The number of nitrogens with one attached hydrogen (secondary N) is 1. The van der Waals surface area contributed by atoms with Gasteiger partial charge in [0.1, 0.15) is 5.82 Å². The van der Waals surface area contributed by atoms with Gasteiger partial charge in [-0.3, -0.25) is 0 Å². The molecule has 1 saturated carbocycles. The molecular formula is C16H24FN. The molecule has 1 aromatic rings. The van der Waals surface area contributed by atoms with Gasteiger partial charge in [-0.1, -0.05) is 32.0 Å². The van der Waals surface area contributed by atoms with Crippen LogP contribution in [0.1, 0.15) is 45.1 Å². The van der Waals surface area contributed by atoms with E-state index in [0.717, 1.165) is 17.4 Å². The monoisotopic (exact) mass is 249 g/mol. The van der Waals surface area contributed by atoms with Crippen molar-refractivity contribution in [3.8, 4) is 0 Å². The highest BCUT2D eigenvalue weighted by Gasteiger charge is 2.22. The molecule has 1 aliphatic carbocycles. The molecule has 0 bridgehead atoms. The quantitative estimate of drug-likeness (QED) is 0.846. The van der Waals surface area contributed by atoms with Gasteiger partial charge < -0.3 is 5.32 Å². The molecule has 0 aromatic heterocycles. The van der Waals surface area contributed by atoms with Crippen LogP contribution in [0.5, 0.6) is 0 Å². The maximum absolute atomic E-state index is 13.5. The first kappa shape index (κ1) is 13.5. The third kappa shape index (κ3) is 3.55. The highest BCUT2D eigenvalue weighted by molar-refractivity contribution is 5.17. The van der Waals surface area contributed by atoms with Crippen LogP contribution < -0.4 is 5.32 Å². The van der Waals surface area contributed by atoms with Crippen molar-refractivity contribution >= 4 is 0 Å². The van der Waals surface area contributed by atoms with Crippen molar-refractivity contribution in [3.05, 3.63) is 35.6 Å². The number of rotatable bonds is 4. The van der Waals surface area contributed by atoms with E-state index in [0.29, 0.717) is 12.6 Å². The van der Waals surface area contributed by atoms with Gasteiger partial charge in [0.25, 0.3) is 0 Å². The molecule has 0 saturated heterocycles. The van der Waals surface area contributed by atoms with Gasteiger partial charge >= 0.3 is 0 Å². The molecule has 1 nitrogen and oxygen atoms in total. The summed E-state index contributed by atoms with van der Waals surface area (Å²) in [6.07, 6.45) is 5.09. The van der Waals surface area contributed by atoms with Gasteiger partial charge in [-0.15, -0.1) is 0 Å². The predicted molar refractivity (Wildman–Crippen MR) is 73.8 cm³/mol. The van der Waals surface area contributed by atoms with Gasteiger partial charge in [-0.05, 0) is 43.6 Å². The van der Waals surface area contributed by atoms with Gasteiger partial charge in [0.05, 0.1) is 0 Å². The molecule has 2 heteroatoms. The fraction of sp³-hybridized carbons (Fsp3) is 0.625. The average Bonchev–Trinajstić information content (AvgIpc) is 2.38. The van der Waals surface area contributed by atoms with Crippen molar-refractivity contribution in [3.63, 3.8) is 0 Å². The van der Waals surface area contributed by atoms with E-state index in [1.54, 1.807) is 6.07 Å². The minimum Gasteiger partial charge on any atom is -0.310 e. The van der Waals surface area contributed by atoms with Crippen molar-refractivity contribution in [1.29, 1.82) is 0 Å². The molecule has 0 amide bonds. The van der Waals surface area contributed by atoms with Crippen LogP contribution >= 0.6 is 0 Å². The SMILES string of the molecule is CC(C)C1CCC(NCc2ccccc2F)CC1. The fourth-order valence-electron chi connectivity index (χ4n) is 2.89. The Kier molecular flexibility index (Phi) is 4.76. The largest absolute Gasteiger partial charge is 0.310 e. The zero-order valence-electron chi connectivity index (χ0n) is 11.5. The Balaban J connectivity index is 1.77. The maximum atomic E-state index is 13.5. The molecule has 1 N–H and O–H groups in total. The molecule has 0 unspecified atom stereocenters. The summed E-state index contributed by atoms with van der Waals surface area (Å²) >= 11 is 0. The van der Waals surface area contributed by atoms with E-state index in [1.807, 2.05) is 12.1 Å². The average molecular weight is 249 g/mol. The van der Waals surface area contributed by atoms with Crippen molar-refractivity contribution in [1.82, 2.24) is 5.32 Å². The zero-order chi connectivity index (χ0) is 13.0. The summed E-state index contributed by atoms with van der Waals surface area (Å²) in [4.78, 5) is 0. The standard InChI is InChI=1S/C16H24FN/c1-12(2)13-7-9-15(10-8-13)18-11-14-5-3-4-6-16(14)17/h3-6,12-13,15,18H,7-11H2,1-2H3. The van der Waals surface area contributed by atoms with E-state index in [-0.39, 0.29) is 5.82 Å². The minimum atomic E-state index is -0.0964. The highest BCUT2D eigenvalue weighted by Crippen LogP contribution is 2.29. The lowest BCUT2D eigenvalue weighted by Crippen LogP contribution is -2.33. The summed E-state index contributed by atoms with van der Waals surface area (Å²) in [7, 11) is 0. The Labute approximate surface area is 110 Å². The molecular weight excluding hydrogens is 225 g/mol. The van der Waals surface area contributed by atoms with Crippen LogP contribution in [0.15, 0.2) is 24.3 Å². The Hall–Kier alpha value is -0.890. The molecule has 0 aliphatic heterocycles. The minimum absolute atomic E-state index is 0.0964. The van der Waals surface area contributed by atoms with Crippen LogP contribution in [0, 0.1) is 17.7 Å². The topological polar surface area (TPSA) is 12.0 Å². The van der Waals surface area contributed by atoms with Gasteiger partial charge in [0.2, 0.25) is 0 Å². The van der Waals surface area contributed by atoms with Gasteiger partial charge in [0.15, 0.2) is 0 Å². The van der Waals surface area contributed by atoms with Crippen molar-refractivity contribution < 1.29 is 4.39 Å². The third-order valence-corrected chi connectivity index (χ3v) is 4.25. The zero-order valence-corrected chi connectivity index (χ0v) is 11.5. The summed E-state index contributed by atoms with van der Waals surface area (Å²) in [5.41, 5.74) is 0.781. The first-order valence-electron chi connectivity index (χ1n) is 7.13. The van der Waals surface area contributed by atoms with Crippen molar-refractivity contribution in [2.75, 3.05) is 0 Å². The second-order valence-corrected chi connectivity index (χ2v) is 5.83. The Morgan fingerprint density at radius 1 is 1.17 bits per heavy atom. The third-order valence-electron chi connectivity index (χ3n) is 4.25. The maximum Gasteiger partial charge on any atom is 0.127 e. The first-order valence-corrected chi connectivity index (χ1v) is 7.13. The molecule has 18 heavy (non-hydrogen) atoms. The molecule has 0 spiro atoms. The smallest absolute Gasteiger partial charge is 0.127 e. The number of halogens is 1. The fourth-order valence-corrected chi connectivity index (χ4v) is 2.89. The molecule has 1 aromatic carbocycles. The van der Waals surface area contributed by atoms with Gasteiger partial charge in [-0.2, -0.15) is 0 Å². The first-order chi connectivity index (χ1) is 8.66. The summed E-state index contributed by atoms with van der Waals surface area (Å²) < 4.78 is 13.5. The Morgan fingerprint density at radius 2 is 1.83 bits per heavy atom. The molecule has 1 fully saturated rings. The molecule has 1 aliphatic rings. The van der Waals surface area contributed by atoms with E-state index in [1.165, 1.54) is 31.7 Å². The number of benzene rings is 1. The summed E-state index contributed by atoms with van der Waals surface area (Å²) in [6, 6.07) is 7.61. The van der Waals surface area contributed by atoms with E-state index < -0.39 is 0 Å². The molecule has 2 rings (SSSR count). The van der Waals surface area contributed by atoms with E-state index >= 15 is 0 Å². The van der Waals surface area contributed by atoms with E-state index in [4.69, 9.17) is 0 Å². The highest BCUT2D eigenvalue weighted by atomic mass is 19.1.